The molecule has 37 heavy (non-hydrogen) atoms. The van der Waals surface area contributed by atoms with Gasteiger partial charge in [0.25, 0.3) is 11.8 Å². The van der Waals surface area contributed by atoms with E-state index in [1.165, 1.54) is 40.9 Å². The van der Waals surface area contributed by atoms with Gasteiger partial charge in [0, 0.05) is 23.4 Å². The summed E-state index contributed by atoms with van der Waals surface area (Å²) in [6.07, 6.45) is 3.70. The Morgan fingerprint density at radius 3 is 2.97 bits per heavy atom. The van der Waals surface area contributed by atoms with Crippen LogP contribution in [0.4, 0.5) is 5.13 Å². The molecule has 2 aliphatic rings. The van der Waals surface area contributed by atoms with E-state index in [1.54, 1.807) is 17.0 Å². The first-order valence-electron chi connectivity index (χ1n) is 10.5. The Morgan fingerprint density at radius 1 is 1.46 bits per heavy atom. The number of carbonyl (C=O) groups excluding carboxylic acids is 3. The van der Waals surface area contributed by atoms with Crippen molar-refractivity contribution in [2.24, 2.45) is 5.16 Å². The second-order valence-corrected chi connectivity index (χ2v) is 10.3. The SMILES string of the molecule is C=CCn1cnnc1SCC1=C(C(=O)O)N2C(=O)C(NC(=O)/C(=N/OC)c3csc(NC=O)n3)[C@H]2SC1. The third-order valence-electron chi connectivity index (χ3n) is 5.14. The lowest BCUT2D eigenvalue weighted by molar-refractivity contribution is -0.150. The molecule has 4 rings (SSSR count). The van der Waals surface area contributed by atoms with Crippen molar-refractivity contribution in [3.05, 3.63) is 41.3 Å². The summed E-state index contributed by atoms with van der Waals surface area (Å²) in [5.41, 5.74) is 0.406. The Labute approximate surface area is 222 Å². The van der Waals surface area contributed by atoms with Gasteiger partial charge in [0.1, 0.15) is 36.2 Å². The molecule has 1 fully saturated rings. The highest BCUT2D eigenvalue weighted by Gasteiger charge is 2.54. The quantitative estimate of drug-likeness (QED) is 0.0809. The summed E-state index contributed by atoms with van der Waals surface area (Å²) in [5, 5.41) is 28.2. The van der Waals surface area contributed by atoms with E-state index < -0.39 is 29.2 Å². The van der Waals surface area contributed by atoms with Crippen LogP contribution in [0.3, 0.4) is 0 Å². The first kappa shape index (κ1) is 26.4. The van der Waals surface area contributed by atoms with Crippen molar-refractivity contribution in [2.45, 2.75) is 23.1 Å². The Balaban J connectivity index is 1.48. The van der Waals surface area contributed by atoms with Crippen molar-refractivity contribution >= 4 is 69.9 Å². The van der Waals surface area contributed by atoms with Gasteiger partial charge in [-0.3, -0.25) is 19.3 Å². The Kier molecular flexibility index (Phi) is 8.24. The summed E-state index contributed by atoms with van der Waals surface area (Å²) >= 11 is 3.73. The van der Waals surface area contributed by atoms with Crippen LogP contribution in [-0.2, 0) is 30.6 Å². The average Bonchev–Trinajstić information content (AvgIpc) is 3.53. The summed E-state index contributed by atoms with van der Waals surface area (Å²) in [5.74, 6) is -1.88. The van der Waals surface area contributed by atoms with E-state index in [4.69, 9.17) is 4.84 Å². The molecule has 2 aromatic heterocycles. The predicted molar refractivity (Wildman–Crippen MR) is 136 cm³/mol. The predicted octanol–water partition coefficient (Wildman–Crippen LogP) is 0.370. The first-order valence-corrected chi connectivity index (χ1v) is 13.4. The number of anilines is 1. The van der Waals surface area contributed by atoms with Crippen molar-refractivity contribution in [3.8, 4) is 0 Å². The number of thiazole rings is 1. The molecule has 0 spiro atoms. The summed E-state index contributed by atoms with van der Waals surface area (Å²) in [6, 6.07) is -0.968. The molecule has 2 atom stereocenters. The highest BCUT2D eigenvalue weighted by Crippen LogP contribution is 2.41. The number of nitrogens with one attached hydrogen (secondary N) is 2. The van der Waals surface area contributed by atoms with Crippen LogP contribution in [0.1, 0.15) is 5.69 Å². The van der Waals surface area contributed by atoms with Gasteiger partial charge in [0.05, 0.1) is 0 Å². The molecular weight excluding hydrogens is 544 g/mol. The van der Waals surface area contributed by atoms with Crippen molar-refractivity contribution in [3.63, 3.8) is 0 Å². The number of aliphatic carboxylic acids is 1. The molecule has 0 aliphatic carbocycles. The first-order chi connectivity index (χ1) is 17.9. The molecule has 0 aromatic carbocycles. The number of β-lactam (4-membered cyclic amide) rings is 1. The molecule has 0 bridgehead atoms. The highest BCUT2D eigenvalue weighted by atomic mass is 32.2. The Bertz CT molecular complexity index is 1300. The summed E-state index contributed by atoms with van der Waals surface area (Å²) in [6.45, 7) is 4.19. The second kappa shape index (κ2) is 11.6. The van der Waals surface area contributed by atoms with E-state index in [0.29, 0.717) is 35.2 Å². The number of nitrogens with zero attached hydrogens (tertiary/aromatic N) is 6. The maximum atomic E-state index is 13.0. The number of allylic oxidation sites excluding steroid dienone is 1. The molecule has 14 nitrogen and oxygen atoms in total. The van der Waals surface area contributed by atoms with Crippen LogP contribution in [0.25, 0.3) is 0 Å². The van der Waals surface area contributed by atoms with E-state index in [1.807, 2.05) is 0 Å². The van der Waals surface area contributed by atoms with Crippen LogP contribution in [0.2, 0.25) is 0 Å². The van der Waals surface area contributed by atoms with Gasteiger partial charge in [0.15, 0.2) is 16.0 Å². The van der Waals surface area contributed by atoms with Crippen molar-refractivity contribution in [1.82, 2.24) is 30.0 Å². The third-order valence-corrected chi connectivity index (χ3v) is 8.32. The van der Waals surface area contributed by atoms with Gasteiger partial charge in [-0.25, -0.2) is 9.78 Å². The van der Waals surface area contributed by atoms with Crippen molar-refractivity contribution < 1.29 is 29.1 Å². The van der Waals surface area contributed by atoms with E-state index >= 15 is 0 Å². The van der Waals surface area contributed by atoms with E-state index in [2.05, 4.69) is 37.5 Å². The minimum atomic E-state index is -1.23. The molecule has 2 aliphatic heterocycles. The average molecular weight is 565 g/mol. The Hall–Kier alpha value is -3.70. The number of thioether (sulfide) groups is 2. The summed E-state index contributed by atoms with van der Waals surface area (Å²) in [7, 11) is 1.25. The fourth-order valence-electron chi connectivity index (χ4n) is 3.57. The maximum absolute atomic E-state index is 13.0. The number of rotatable bonds is 12. The molecule has 194 valence electrons. The fourth-order valence-corrected chi connectivity index (χ4v) is 6.64. The smallest absolute Gasteiger partial charge is 0.352 e. The number of hydrogen-bond acceptors (Lipinski definition) is 12. The number of carboxylic acid groups (broad SMARTS) is 1. The maximum Gasteiger partial charge on any atom is 0.352 e. The normalized spacial score (nSPS) is 19.1. The number of aromatic nitrogens is 4. The van der Waals surface area contributed by atoms with Crippen LogP contribution in [0.15, 0.2) is 45.9 Å². The molecule has 0 radical (unpaired) electrons. The lowest BCUT2D eigenvalue weighted by Crippen LogP contribution is -2.71. The van der Waals surface area contributed by atoms with Crippen LogP contribution >= 0.6 is 34.9 Å². The number of carbonyl (C=O) groups is 4. The largest absolute Gasteiger partial charge is 0.477 e. The van der Waals surface area contributed by atoms with E-state index in [9.17, 15) is 24.3 Å². The molecule has 0 saturated carbocycles. The van der Waals surface area contributed by atoms with Crippen molar-refractivity contribution in [1.29, 1.82) is 0 Å². The van der Waals surface area contributed by atoms with Gasteiger partial charge in [-0.05, 0) is 5.57 Å². The van der Waals surface area contributed by atoms with Crippen molar-refractivity contribution in [2.75, 3.05) is 23.9 Å². The minimum absolute atomic E-state index is 0.101. The second-order valence-electron chi connectivity index (χ2n) is 7.38. The zero-order valence-corrected chi connectivity index (χ0v) is 21.6. The molecular formula is C20H20N8O6S3. The van der Waals surface area contributed by atoms with Crippen LogP contribution in [0.5, 0.6) is 0 Å². The molecule has 3 N–H and O–H groups in total. The fraction of sp³-hybridized carbons (Fsp3) is 0.300. The van der Waals surface area contributed by atoms with Gasteiger partial charge in [-0.2, -0.15) is 0 Å². The third kappa shape index (κ3) is 5.37. The number of carboxylic acids is 1. The summed E-state index contributed by atoms with van der Waals surface area (Å²) in [4.78, 5) is 58.7. The molecule has 3 amide bonds. The van der Waals surface area contributed by atoms with Crippen LogP contribution < -0.4 is 10.6 Å². The lowest BCUT2D eigenvalue weighted by atomic mass is 10.0. The number of fused-ring (bicyclic) bond motifs is 1. The Morgan fingerprint density at radius 2 is 2.27 bits per heavy atom. The zero-order chi connectivity index (χ0) is 26.5. The van der Waals surface area contributed by atoms with E-state index in [-0.39, 0.29) is 22.2 Å². The number of oxime groups is 1. The van der Waals surface area contributed by atoms with Crippen LogP contribution in [-0.4, -0.2) is 89.7 Å². The summed E-state index contributed by atoms with van der Waals surface area (Å²) < 4.78 is 1.78. The minimum Gasteiger partial charge on any atom is -0.477 e. The van der Waals surface area contributed by atoms with Gasteiger partial charge in [-0.15, -0.1) is 39.9 Å². The zero-order valence-electron chi connectivity index (χ0n) is 19.2. The molecule has 1 unspecified atom stereocenters. The number of hydrogen-bond donors (Lipinski definition) is 3. The molecule has 4 heterocycles. The van der Waals surface area contributed by atoms with Gasteiger partial charge >= 0.3 is 5.97 Å². The molecule has 1 saturated heterocycles. The van der Waals surface area contributed by atoms with Gasteiger partial charge in [0.2, 0.25) is 6.41 Å². The van der Waals surface area contributed by atoms with E-state index in [0.717, 1.165) is 11.3 Å². The van der Waals surface area contributed by atoms with Gasteiger partial charge < -0.3 is 25.1 Å². The van der Waals surface area contributed by atoms with Gasteiger partial charge in [-0.1, -0.05) is 23.0 Å². The molecule has 17 heteroatoms. The standard InChI is InChI=1S/C20H20N8O6S3/c1-3-4-27-8-22-25-20(27)37-6-10-5-35-17-13(16(31)28(17)14(10)18(32)33)24-15(30)12(26-34-2)11-7-36-19(23-11)21-9-29/h3,7-9,13,17H,1,4-6H2,2H3,(H,24,30)(H,32,33)(H,21,23,29)/b26-12+/t13?,17-/m1/s1. The highest BCUT2D eigenvalue weighted by molar-refractivity contribution is 8.01. The molecule has 2 aromatic rings. The lowest BCUT2D eigenvalue weighted by Gasteiger charge is -2.49. The monoisotopic (exact) mass is 564 g/mol. The topological polar surface area (TPSA) is 181 Å². The van der Waals surface area contributed by atoms with Crippen LogP contribution in [0, 0.1) is 0 Å². The number of amides is 3.